The van der Waals surface area contributed by atoms with Crippen molar-refractivity contribution in [2.24, 2.45) is 0 Å². The van der Waals surface area contributed by atoms with Gasteiger partial charge in [0.15, 0.2) is 0 Å². The van der Waals surface area contributed by atoms with Gasteiger partial charge in [0.1, 0.15) is 34.4 Å². The van der Waals surface area contributed by atoms with Crippen LogP contribution in [0.25, 0.3) is 6.08 Å². The number of rotatable bonds is 12. The van der Waals surface area contributed by atoms with Gasteiger partial charge in [-0.25, -0.2) is 16.8 Å². The van der Waals surface area contributed by atoms with Gasteiger partial charge in [-0.1, -0.05) is 0 Å². The first kappa shape index (κ1) is 26.8. The van der Waals surface area contributed by atoms with Crippen LogP contribution in [0.4, 0.5) is 5.69 Å². The van der Waals surface area contributed by atoms with Crippen molar-refractivity contribution < 1.29 is 45.7 Å². The minimum atomic E-state index is -4.31. The summed E-state index contributed by atoms with van der Waals surface area (Å²) >= 11 is 0. The van der Waals surface area contributed by atoms with E-state index in [1.807, 2.05) is 4.72 Å². The average molecular weight is 517 g/mol. The number of sulfonamides is 2. The van der Waals surface area contributed by atoms with Gasteiger partial charge in [-0.05, 0) is 24.3 Å². The number of methoxy groups -OCH3 is 4. The highest BCUT2D eigenvalue weighted by Crippen LogP contribution is 2.35. The molecular formula is C20H24N2O10S2. The number of hydrogen-bond donors (Lipinski definition) is 3. The number of benzene rings is 2. The molecule has 2 rings (SSSR count). The number of ether oxygens (including phenoxy) is 4. The summed E-state index contributed by atoms with van der Waals surface area (Å²) in [4.78, 5) is 10.3. The van der Waals surface area contributed by atoms with Gasteiger partial charge in [-0.15, -0.1) is 0 Å². The highest BCUT2D eigenvalue weighted by atomic mass is 32.2. The molecule has 0 aliphatic carbocycles. The van der Waals surface area contributed by atoms with Gasteiger partial charge in [0, 0.05) is 12.1 Å². The van der Waals surface area contributed by atoms with Crippen molar-refractivity contribution in [2.45, 2.75) is 4.90 Å². The van der Waals surface area contributed by atoms with Gasteiger partial charge >= 0.3 is 5.97 Å². The third kappa shape index (κ3) is 6.76. The summed E-state index contributed by atoms with van der Waals surface area (Å²) in [5.74, 6) is -0.469. The number of aliphatic carboxylic acids is 1. The lowest BCUT2D eigenvalue weighted by molar-refractivity contribution is -0.135. The van der Waals surface area contributed by atoms with Gasteiger partial charge in [0.2, 0.25) is 10.0 Å². The molecule has 0 saturated heterocycles. The van der Waals surface area contributed by atoms with Gasteiger partial charge in [0.25, 0.3) is 10.0 Å². The highest BCUT2D eigenvalue weighted by Gasteiger charge is 2.22. The van der Waals surface area contributed by atoms with E-state index in [-0.39, 0.29) is 11.4 Å². The van der Waals surface area contributed by atoms with Crippen LogP contribution in [0.5, 0.6) is 23.0 Å². The molecule has 14 heteroatoms. The predicted octanol–water partition coefficient (Wildman–Crippen LogP) is 1.50. The van der Waals surface area contributed by atoms with Crippen molar-refractivity contribution in [1.82, 2.24) is 4.72 Å². The fourth-order valence-corrected chi connectivity index (χ4v) is 4.74. The first-order valence-corrected chi connectivity index (χ1v) is 12.4. The quantitative estimate of drug-likeness (QED) is 0.376. The summed E-state index contributed by atoms with van der Waals surface area (Å²) in [5, 5.41) is 9.58. The molecule has 0 amide bonds. The molecule has 2 aromatic carbocycles. The molecule has 2 aromatic rings. The van der Waals surface area contributed by atoms with Crippen LogP contribution < -0.4 is 28.4 Å². The summed E-state index contributed by atoms with van der Waals surface area (Å²) in [6.07, 6.45) is 1.25. The highest BCUT2D eigenvalue weighted by molar-refractivity contribution is 7.95. The van der Waals surface area contributed by atoms with Crippen LogP contribution in [0.2, 0.25) is 0 Å². The Balaban J connectivity index is 2.39. The summed E-state index contributed by atoms with van der Waals surface area (Å²) in [6, 6.07) is 6.62. The van der Waals surface area contributed by atoms with Crippen molar-refractivity contribution in [3.63, 3.8) is 0 Å². The molecule has 3 N–H and O–H groups in total. The maximum absolute atomic E-state index is 12.6. The largest absolute Gasteiger partial charge is 0.496 e. The third-order valence-electron chi connectivity index (χ3n) is 4.29. The Hall–Kier alpha value is -3.49. The van der Waals surface area contributed by atoms with E-state index < -0.39 is 37.5 Å². The number of carboxylic acid groups (broad SMARTS) is 1. The van der Waals surface area contributed by atoms with Crippen LogP contribution in [0.15, 0.2) is 40.6 Å². The van der Waals surface area contributed by atoms with Crippen molar-refractivity contribution in [1.29, 1.82) is 0 Å². The molecule has 0 saturated carbocycles. The van der Waals surface area contributed by atoms with Crippen LogP contribution in [0.1, 0.15) is 5.56 Å². The molecule has 0 atom stereocenters. The minimum absolute atomic E-state index is 0.102. The lowest BCUT2D eigenvalue weighted by Crippen LogP contribution is -2.29. The fourth-order valence-electron chi connectivity index (χ4n) is 2.74. The summed E-state index contributed by atoms with van der Waals surface area (Å²) in [5.41, 5.74) is 0.224. The molecule has 0 unspecified atom stereocenters. The molecule has 0 aliphatic rings. The standard InChI is InChI=1S/C20H24N2O10S2/c1-29-14-10-17(31-3)15(18(11-14)32-4)7-8-33(25,26)22-13-5-6-16(30-2)19(9-13)34(27,28)21-12-20(23)24/h5-11,21-22H,12H2,1-4H3,(H,23,24)/b8-7+. The second-order valence-electron chi connectivity index (χ2n) is 6.48. The minimum Gasteiger partial charge on any atom is -0.496 e. The normalized spacial score (nSPS) is 11.8. The van der Waals surface area contributed by atoms with Gasteiger partial charge in [0.05, 0.1) is 45.1 Å². The Morgan fingerprint density at radius 2 is 1.50 bits per heavy atom. The molecule has 34 heavy (non-hydrogen) atoms. The monoisotopic (exact) mass is 516 g/mol. The Morgan fingerprint density at radius 1 is 0.912 bits per heavy atom. The van der Waals surface area contributed by atoms with E-state index in [1.54, 1.807) is 12.1 Å². The molecule has 12 nitrogen and oxygen atoms in total. The van der Waals surface area contributed by atoms with Gasteiger partial charge < -0.3 is 24.1 Å². The lowest BCUT2D eigenvalue weighted by Gasteiger charge is -2.13. The Labute approximate surface area is 197 Å². The van der Waals surface area contributed by atoms with Crippen molar-refractivity contribution in [3.05, 3.63) is 41.3 Å². The van der Waals surface area contributed by atoms with E-state index in [1.165, 1.54) is 46.6 Å². The molecule has 0 fully saturated rings. The van der Waals surface area contributed by atoms with E-state index in [0.717, 1.165) is 11.5 Å². The van der Waals surface area contributed by atoms with E-state index in [0.29, 0.717) is 22.8 Å². The number of nitrogens with one attached hydrogen (secondary N) is 2. The second kappa shape index (κ2) is 11.1. The Kier molecular flexibility index (Phi) is 8.73. The number of hydrogen-bond acceptors (Lipinski definition) is 9. The maximum Gasteiger partial charge on any atom is 0.318 e. The molecule has 0 heterocycles. The first-order chi connectivity index (χ1) is 16.0. The SMILES string of the molecule is COc1cc(OC)c(/C=C/S(=O)(=O)Nc2ccc(OC)c(S(=O)(=O)NCC(=O)O)c2)c(OC)c1. The van der Waals surface area contributed by atoms with Crippen molar-refractivity contribution in [3.8, 4) is 23.0 Å². The van der Waals surface area contributed by atoms with Crippen LogP contribution in [-0.2, 0) is 24.8 Å². The number of carbonyl (C=O) groups is 1. The van der Waals surface area contributed by atoms with E-state index in [9.17, 15) is 21.6 Å². The van der Waals surface area contributed by atoms with E-state index in [2.05, 4.69) is 4.72 Å². The molecular weight excluding hydrogens is 492 g/mol. The molecule has 186 valence electrons. The maximum atomic E-state index is 12.6. The van der Waals surface area contributed by atoms with Crippen LogP contribution in [-0.4, -0.2) is 62.9 Å². The van der Waals surface area contributed by atoms with Crippen LogP contribution in [0.3, 0.4) is 0 Å². The summed E-state index contributed by atoms with van der Waals surface area (Å²) < 4.78 is 75.0. The van der Waals surface area contributed by atoms with Gasteiger partial charge in [-0.3, -0.25) is 9.52 Å². The molecule has 0 spiro atoms. The third-order valence-corrected chi connectivity index (χ3v) is 6.73. The van der Waals surface area contributed by atoms with Crippen molar-refractivity contribution >= 4 is 37.8 Å². The summed E-state index contributed by atoms with van der Waals surface area (Å²) in [7, 11) is -2.97. The van der Waals surface area contributed by atoms with Crippen molar-refractivity contribution in [2.75, 3.05) is 39.7 Å². The molecule has 0 aromatic heterocycles. The first-order valence-electron chi connectivity index (χ1n) is 9.36. The number of carboxylic acids is 1. The predicted molar refractivity (Wildman–Crippen MR) is 123 cm³/mol. The van der Waals surface area contributed by atoms with Gasteiger partial charge in [-0.2, -0.15) is 4.72 Å². The fraction of sp³-hybridized carbons (Fsp3) is 0.250. The summed E-state index contributed by atoms with van der Waals surface area (Å²) in [6.45, 7) is -0.865. The van der Waals surface area contributed by atoms with Crippen LogP contribution in [0, 0.1) is 0 Å². The molecule has 0 bridgehead atoms. The molecule has 0 aliphatic heterocycles. The zero-order valence-corrected chi connectivity index (χ0v) is 20.3. The van der Waals surface area contributed by atoms with Crippen LogP contribution >= 0.6 is 0 Å². The molecule has 0 radical (unpaired) electrons. The van der Waals surface area contributed by atoms with E-state index in [4.69, 9.17) is 24.1 Å². The number of anilines is 1. The average Bonchev–Trinajstić information content (AvgIpc) is 2.80. The Bertz CT molecular complexity index is 1260. The lowest BCUT2D eigenvalue weighted by atomic mass is 10.1. The second-order valence-corrected chi connectivity index (χ2v) is 9.78. The topological polar surface area (TPSA) is 167 Å². The zero-order valence-electron chi connectivity index (χ0n) is 18.7. The Morgan fingerprint density at radius 3 is 2.00 bits per heavy atom. The van der Waals surface area contributed by atoms with E-state index >= 15 is 0 Å². The smallest absolute Gasteiger partial charge is 0.318 e. The zero-order chi connectivity index (χ0) is 25.5.